The van der Waals surface area contributed by atoms with Crippen molar-refractivity contribution >= 4 is 17.4 Å². The normalized spacial score (nSPS) is 15.2. The maximum Gasteiger partial charge on any atom is 0.249 e. The van der Waals surface area contributed by atoms with Gasteiger partial charge in [0.25, 0.3) is 0 Å². The van der Waals surface area contributed by atoms with E-state index in [1.54, 1.807) is 36.5 Å². The van der Waals surface area contributed by atoms with E-state index in [0.29, 0.717) is 35.3 Å². The van der Waals surface area contributed by atoms with Crippen LogP contribution in [0.4, 0.5) is 11.5 Å². The lowest BCUT2D eigenvalue weighted by Gasteiger charge is -2.45. The van der Waals surface area contributed by atoms with Gasteiger partial charge in [0.1, 0.15) is 17.6 Å². The second kappa shape index (κ2) is 12.8. The van der Waals surface area contributed by atoms with Crippen molar-refractivity contribution in [2.45, 2.75) is 60.2 Å². The Kier molecular flexibility index (Phi) is 10.1. The standard InChI is InChI=1S/C23H26N8O.2C2H6/c1-6-18-22(32)29(5)19-14-26-23(27-21(19)31(18)15(2)28(3)4)30-12-11-25-20(30)17-9-7-16(13-24)8-10-17;2*1-2/h7-12,14-15,18H,6H2,1-5H3;2*1-2H3/t15?,18-;;/m1../s1. The molecule has 0 spiro atoms. The van der Waals surface area contributed by atoms with Crippen molar-refractivity contribution in [3.63, 3.8) is 0 Å². The number of rotatable bonds is 5. The van der Waals surface area contributed by atoms with Gasteiger partial charge in [0.15, 0.2) is 5.82 Å². The molecule has 192 valence electrons. The Morgan fingerprint density at radius 2 is 1.75 bits per heavy atom. The number of hydrogen-bond acceptors (Lipinski definition) is 7. The average Bonchev–Trinajstić information content (AvgIpc) is 3.42. The molecule has 1 unspecified atom stereocenters. The molecule has 0 aliphatic carbocycles. The van der Waals surface area contributed by atoms with Crippen LogP contribution >= 0.6 is 0 Å². The zero-order valence-electron chi connectivity index (χ0n) is 22.9. The number of benzene rings is 1. The fourth-order valence-corrected chi connectivity index (χ4v) is 3.94. The zero-order valence-corrected chi connectivity index (χ0v) is 22.9. The van der Waals surface area contributed by atoms with E-state index in [1.165, 1.54) is 0 Å². The highest BCUT2D eigenvalue weighted by atomic mass is 16.2. The third-order valence-corrected chi connectivity index (χ3v) is 5.96. The first-order valence-electron chi connectivity index (χ1n) is 12.5. The van der Waals surface area contributed by atoms with Crippen molar-refractivity contribution in [1.82, 2.24) is 24.4 Å². The second-order valence-corrected chi connectivity index (χ2v) is 8.01. The number of likely N-dealkylation sites (N-methyl/N-ethyl adjacent to an activating group) is 1. The van der Waals surface area contributed by atoms with E-state index >= 15 is 0 Å². The summed E-state index contributed by atoms with van der Waals surface area (Å²) in [6.45, 7) is 12.1. The molecular formula is C27H38N8O. The molecule has 3 heterocycles. The summed E-state index contributed by atoms with van der Waals surface area (Å²) in [5, 5.41) is 9.07. The lowest BCUT2D eigenvalue weighted by atomic mass is 10.1. The number of nitriles is 1. The van der Waals surface area contributed by atoms with Gasteiger partial charge < -0.3 is 9.80 Å². The molecule has 0 bridgehead atoms. The summed E-state index contributed by atoms with van der Waals surface area (Å²) < 4.78 is 1.82. The van der Waals surface area contributed by atoms with Crippen LogP contribution in [0.2, 0.25) is 0 Å². The van der Waals surface area contributed by atoms with E-state index in [0.717, 1.165) is 5.56 Å². The lowest BCUT2D eigenvalue weighted by Crippen LogP contribution is -2.58. The molecule has 1 amide bonds. The quantitative estimate of drug-likeness (QED) is 0.511. The minimum Gasteiger partial charge on any atom is -0.327 e. The van der Waals surface area contributed by atoms with Gasteiger partial charge in [-0.2, -0.15) is 10.2 Å². The predicted molar refractivity (Wildman–Crippen MR) is 145 cm³/mol. The Morgan fingerprint density at radius 3 is 2.31 bits per heavy atom. The first-order valence-corrected chi connectivity index (χ1v) is 12.5. The fourth-order valence-electron chi connectivity index (χ4n) is 3.94. The summed E-state index contributed by atoms with van der Waals surface area (Å²) in [7, 11) is 5.74. The van der Waals surface area contributed by atoms with E-state index in [2.05, 4.69) is 32.8 Å². The van der Waals surface area contributed by atoms with Crippen LogP contribution in [-0.2, 0) is 4.79 Å². The summed E-state index contributed by atoms with van der Waals surface area (Å²) in [6, 6.07) is 9.05. The van der Waals surface area contributed by atoms with Gasteiger partial charge in [-0.1, -0.05) is 34.6 Å². The second-order valence-electron chi connectivity index (χ2n) is 8.01. The number of fused-ring (bicyclic) bond motifs is 1. The van der Waals surface area contributed by atoms with E-state index < -0.39 is 0 Å². The van der Waals surface area contributed by atoms with Crippen LogP contribution in [0.5, 0.6) is 0 Å². The molecule has 2 atom stereocenters. The summed E-state index contributed by atoms with van der Waals surface area (Å²) in [5.41, 5.74) is 2.12. The predicted octanol–water partition coefficient (Wildman–Crippen LogP) is 4.72. The topological polar surface area (TPSA) is 94.2 Å². The number of anilines is 2. The third-order valence-electron chi connectivity index (χ3n) is 5.96. The molecule has 2 aromatic heterocycles. The fraction of sp³-hybridized carbons (Fsp3) is 0.444. The molecule has 0 saturated carbocycles. The van der Waals surface area contributed by atoms with Gasteiger partial charge in [0.2, 0.25) is 11.9 Å². The first kappa shape index (κ1) is 28.5. The van der Waals surface area contributed by atoms with Crippen molar-refractivity contribution in [2.24, 2.45) is 0 Å². The minimum atomic E-state index is -0.312. The summed E-state index contributed by atoms with van der Waals surface area (Å²) >= 11 is 0. The number of carbonyl (C=O) groups excluding carboxylic acids is 1. The highest BCUT2D eigenvalue weighted by Crippen LogP contribution is 2.36. The van der Waals surface area contributed by atoms with Gasteiger partial charge in [-0.05, 0) is 51.7 Å². The highest BCUT2D eigenvalue weighted by molar-refractivity contribution is 6.04. The van der Waals surface area contributed by atoms with Gasteiger partial charge in [-0.25, -0.2) is 9.97 Å². The molecule has 36 heavy (non-hydrogen) atoms. The highest BCUT2D eigenvalue weighted by Gasteiger charge is 2.40. The molecule has 9 heteroatoms. The van der Waals surface area contributed by atoms with Gasteiger partial charge in [0.05, 0.1) is 24.0 Å². The van der Waals surface area contributed by atoms with Crippen LogP contribution in [0.1, 0.15) is 53.5 Å². The van der Waals surface area contributed by atoms with Crippen molar-refractivity contribution in [3.05, 3.63) is 48.4 Å². The maximum absolute atomic E-state index is 13.0. The van der Waals surface area contributed by atoms with Gasteiger partial charge >= 0.3 is 0 Å². The first-order chi connectivity index (χ1) is 17.4. The molecular weight excluding hydrogens is 452 g/mol. The van der Waals surface area contributed by atoms with Crippen molar-refractivity contribution in [3.8, 4) is 23.4 Å². The van der Waals surface area contributed by atoms with Crippen molar-refractivity contribution in [2.75, 3.05) is 30.9 Å². The molecule has 0 radical (unpaired) electrons. The molecule has 3 aromatic rings. The molecule has 4 rings (SSSR count). The van der Waals surface area contributed by atoms with Crippen molar-refractivity contribution in [1.29, 1.82) is 5.26 Å². The summed E-state index contributed by atoms with van der Waals surface area (Å²) in [5.74, 6) is 1.89. The van der Waals surface area contributed by atoms with Crippen molar-refractivity contribution < 1.29 is 4.79 Å². The van der Waals surface area contributed by atoms with E-state index in [1.807, 2.05) is 71.6 Å². The average molecular weight is 491 g/mol. The van der Waals surface area contributed by atoms with Crippen LogP contribution in [0.25, 0.3) is 17.3 Å². The van der Waals surface area contributed by atoms with Crippen LogP contribution in [0.15, 0.2) is 42.9 Å². The van der Waals surface area contributed by atoms with Crippen LogP contribution in [-0.4, -0.2) is 63.7 Å². The number of carbonyl (C=O) groups is 1. The number of imidazole rings is 1. The van der Waals surface area contributed by atoms with Gasteiger partial charge in [-0.15, -0.1) is 0 Å². The minimum absolute atomic E-state index is 0.0333. The van der Waals surface area contributed by atoms with Gasteiger partial charge in [0, 0.05) is 25.0 Å². The summed E-state index contributed by atoms with van der Waals surface area (Å²) in [6.07, 6.45) is 5.83. The van der Waals surface area contributed by atoms with E-state index in [4.69, 9.17) is 10.2 Å². The molecule has 0 fully saturated rings. The Bertz CT molecular complexity index is 1180. The number of hydrogen-bond donors (Lipinski definition) is 0. The number of aromatic nitrogens is 4. The number of amides is 1. The Morgan fingerprint density at radius 1 is 1.11 bits per heavy atom. The molecule has 1 aliphatic rings. The largest absolute Gasteiger partial charge is 0.327 e. The smallest absolute Gasteiger partial charge is 0.249 e. The third kappa shape index (κ3) is 5.39. The zero-order chi connectivity index (χ0) is 27.0. The van der Waals surface area contributed by atoms with E-state index in [9.17, 15) is 4.79 Å². The van der Waals surface area contributed by atoms with Crippen LogP contribution in [0, 0.1) is 11.3 Å². The molecule has 0 N–H and O–H groups in total. The number of nitrogens with zero attached hydrogens (tertiary/aromatic N) is 8. The maximum atomic E-state index is 13.0. The monoisotopic (exact) mass is 490 g/mol. The lowest BCUT2D eigenvalue weighted by molar-refractivity contribution is -0.120. The Balaban J connectivity index is 0.00000109. The molecule has 1 aliphatic heterocycles. The van der Waals surface area contributed by atoms with Gasteiger partial charge in [-0.3, -0.25) is 14.3 Å². The van der Waals surface area contributed by atoms with Crippen LogP contribution in [0.3, 0.4) is 0 Å². The molecule has 0 saturated heterocycles. The molecule has 9 nitrogen and oxygen atoms in total. The van der Waals surface area contributed by atoms with Crippen LogP contribution < -0.4 is 9.80 Å². The summed E-state index contributed by atoms with van der Waals surface area (Å²) in [4.78, 5) is 32.8. The Hall–Kier alpha value is -3.77. The Labute approximate surface area is 215 Å². The van der Waals surface area contributed by atoms with E-state index in [-0.39, 0.29) is 18.1 Å². The molecule has 1 aromatic carbocycles. The SMILES string of the molecule is CC.CC.CC[C@@H]1C(=O)N(C)c2cnc(-n3ccnc3-c3ccc(C#N)cc3)nc2N1C(C)N(C)C.